The average Bonchev–Trinajstić information content (AvgIpc) is 3.26. The highest BCUT2D eigenvalue weighted by Crippen LogP contribution is 2.28. The number of aromatic nitrogens is 1. The van der Waals surface area contributed by atoms with Crippen LogP contribution in [0.3, 0.4) is 0 Å². The summed E-state index contributed by atoms with van der Waals surface area (Å²) < 4.78 is 5.41. The van der Waals surface area contributed by atoms with Crippen LogP contribution in [-0.4, -0.2) is 41.9 Å². The summed E-state index contributed by atoms with van der Waals surface area (Å²) in [6.45, 7) is 1.23. The van der Waals surface area contributed by atoms with Crippen LogP contribution < -0.4 is 5.32 Å². The largest absolute Gasteiger partial charge is 0.389 e. The number of amides is 1. The summed E-state index contributed by atoms with van der Waals surface area (Å²) in [5.74, 6) is 0.592. The third-order valence-electron chi connectivity index (χ3n) is 3.92. The van der Waals surface area contributed by atoms with Crippen molar-refractivity contribution in [3.63, 3.8) is 0 Å². The van der Waals surface area contributed by atoms with E-state index in [9.17, 15) is 9.90 Å². The van der Waals surface area contributed by atoms with Crippen LogP contribution in [0, 0.1) is 5.92 Å². The molecule has 5 nitrogen and oxygen atoms in total. The second-order valence-electron chi connectivity index (χ2n) is 5.98. The molecule has 22 heavy (non-hydrogen) atoms. The van der Waals surface area contributed by atoms with Gasteiger partial charge in [0.1, 0.15) is 0 Å². The highest BCUT2D eigenvalue weighted by atomic mass is 16.5. The molecule has 0 bridgehead atoms. The molecule has 2 aromatic rings. The van der Waals surface area contributed by atoms with Gasteiger partial charge in [0.05, 0.1) is 19.1 Å². The molecule has 3 rings (SSSR count). The Bertz CT molecular complexity index is 634. The Labute approximate surface area is 129 Å². The number of ether oxygens (including phenoxy) is 1. The lowest BCUT2D eigenvalue weighted by Crippen LogP contribution is -2.35. The van der Waals surface area contributed by atoms with Crippen molar-refractivity contribution in [2.24, 2.45) is 5.92 Å². The standard InChI is InChI=1S/C17H22N2O3/c20-14(11-22-10-12-5-6-12)9-19-17(21)7-13-8-18-16-4-2-1-3-15(13)16/h1-4,8,12,14,18,20H,5-7,9-11H2,(H,19,21). The first-order valence-corrected chi connectivity index (χ1v) is 7.80. The van der Waals surface area contributed by atoms with Crippen molar-refractivity contribution < 1.29 is 14.6 Å². The van der Waals surface area contributed by atoms with Gasteiger partial charge in [0, 0.05) is 30.3 Å². The molecule has 1 aromatic heterocycles. The molecule has 5 heteroatoms. The van der Waals surface area contributed by atoms with Crippen LogP contribution in [0.25, 0.3) is 10.9 Å². The maximum absolute atomic E-state index is 12.0. The lowest BCUT2D eigenvalue weighted by molar-refractivity contribution is -0.121. The Kier molecular flexibility index (Phi) is 4.75. The average molecular weight is 302 g/mol. The van der Waals surface area contributed by atoms with Crippen LogP contribution in [0.2, 0.25) is 0 Å². The third kappa shape index (κ3) is 4.08. The van der Waals surface area contributed by atoms with E-state index in [1.165, 1.54) is 12.8 Å². The van der Waals surface area contributed by atoms with Gasteiger partial charge in [-0.2, -0.15) is 0 Å². The summed E-state index contributed by atoms with van der Waals surface area (Å²) in [7, 11) is 0. The first kappa shape index (κ1) is 15.1. The van der Waals surface area contributed by atoms with Crippen molar-refractivity contribution in [1.82, 2.24) is 10.3 Å². The predicted molar refractivity (Wildman–Crippen MR) is 84.6 cm³/mol. The molecular weight excluding hydrogens is 280 g/mol. The van der Waals surface area contributed by atoms with Crippen molar-refractivity contribution in [2.75, 3.05) is 19.8 Å². The molecule has 1 atom stereocenters. The fourth-order valence-electron chi connectivity index (χ4n) is 2.46. The van der Waals surface area contributed by atoms with Gasteiger partial charge in [-0.05, 0) is 30.4 Å². The SMILES string of the molecule is O=C(Cc1c[nH]c2ccccc12)NCC(O)COCC1CC1. The highest BCUT2D eigenvalue weighted by molar-refractivity contribution is 5.88. The minimum atomic E-state index is -0.648. The molecule has 1 aromatic carbocycles. The van der Waals surface area contributed by atoms with E-state index in [-0.39, 0.29) is 19.1 Å². The molecule has 0 aliphatic heterocycles. The minimum Gasteiger partial charge on any atom is -0.389 e. The normalized spacial score (nSPS) is 15.9. The maximum Gasteiger partial charge on any atom is 0.224 e. The Balaban J connectivity index is 1.41. The highest BCUT2D eigenvalue weighted by Gasteiger charge is 2.21. The van der Waals surface area contributed by atoms with E-state index in [0.29, 0.717) is 12.3 Å². The maximum atomic E-state index is 12.0. The number of carbonyl (C=O) groups is 1. The number of hydrogen-bond donors (Lipinski definition) is 3. The molecule has 1 amide bonds. The molecule has 118 valence electrons. The van der Waals surface area contributed by atoms with Gasteiger partial charge in [-0.3, -0.25) is 4.79 Å². The van der Waals surface area contributed by atoms with Gasteiger partial charge in [0.15, 0.2) is 0 Å². The molecule has 0 radical (unpaired) electrons. The molecular formula is C17H22N2O3. The zero-order chi connectivity index (χ0) is 15.4. The molecule has 1 heterocycles. The van der Waals surface area contributed by atoms with E-state index in [1.807, 2.05) is 30.5 Å². The Morgan fingerprint density at radius 2 is 2.23 bits per heavy atom. The monoisotopic (exact) mass is 302 g/mol. The molecule has 1 unspecified atom stereocenters. The smallest absolute Gasteiger partial charge is 0.224 e. The summed E-state index contributed by atoms with van der Waals surface area (Å²) in [4.78, 5) is 15.1. The van der Waals surface area contributed by atoms with Gasteiger partial charge >= 0.3 is 0 Å². The van der Waals surface area contributed by atoms with Crippen molar-refractivity contribution in [3.05, 3.63) is 36.0 Å². The molecule has 0 spiro atoms. The lowest BCUT2D eigenvalue weighted by Gasteiger charge is -2.12. The van der Waals surface area contributed by atoms with Gasteiger partial charge in [-0.15, -0.1) is 0 Å². The van der Waals surface area contributed by atoms with Gasteiger partial charge in [-0.1, -0.05) is 18.2 Å². The van der Waals surface area contributed by atoms with Crippen LogP contribution in [0.4, 0.5) is 0 Å². The zero-order valence-electron chi connectivity index (χ0n) is 12.5. The first-order valence-electron chi connectivity index (χ1n) is 7.80. The number of aromatic amines is 1. The van der Waals surface area contributed by atoms with Crippen LogP contribution in [-0.2, 0) is 16.0 Å². The molecule has 1 fully saturated rings. The van der Waals surface area contributed by atoms with Crippen LogP contribution in [0.1, 0.15) is 18.4 Å². The number of H-pyrrole nitrogens is 1. The van der Waals surface area contributed by atoms with Gasteiger partial charge in [-0.25, -0.2) is 0 Å². The van der Waals surface area contributed by atoms with E-state index < -0.39 is 6.10 Å². The van der Waals surface area contributed by atoms with Gasteiger partial charge in [0.25, 0.3) is 0 Å². The molecule has 1 aliphatic carbocycles. The van der Waals surface area contributed by atoms with Gasteiger partial charge in [0.2, 0.25) is 5.91 Å². The van der Waals surface area contributed by atoms with Crippen molar-refractivity contribution in [3.8, 4) is 0 Å². The van der Waals surface area contributed by atoms with Crippen molar-refractivity contribution in [1.29, 1.82) is 0 Å². The van der Waals surface area contributed by atoms with Crippen LogP contribution in [0.15, 0.2) is 30.5 Å². The number of carbonyl (C=O) groups excluding carboxylic acids is 1. The number of benzene rings is 1. The topological polar surface area (TPSA) is 74.4 Å². The van der Waals surface area contributed by atoms with E-state index in [4.69, 9.17) is 4.74 Å². The fraction of sp³-hybridized carbons (Fsp3) is 0.471. The number of fused-ring (bicyclic) bond motifs is 1. The summed E-state index contributed by atoms with van der Waals surface area (Å²) in [5, 5.41) is 13.6. The number of rotatable bonds is 8. The minimum absolute atomic E-state index is 0.0917. The molecule has 1 saturated carbocycles. The second kappa shape index (κ2) is 6.94. The first-order chi connectivity index (χ1) is 10.7. The summed E-state index contributed by atoms with van der Waals surface area (Å²) in [6.07, 6.45) is 3.99. The Morgan fingerprint density at radius 1 is 1.41 bits per heavy atom. The second-order valence-corrected chi connectivity index (χ2v) is 5.98. The summed E-state index contributed by atoms with van der Waals surface area (Å²) in [5.41, 5.74) is 1.99. The number of nitrogens with one attached hydrogen (secondary N) is 2. The fourth-order valence-corrected chi connectivity index (χ4v) is 2.46. The summed E-state index contributed by atoms with van der Waals surface area (Å²) in [6, 6.07) is 7.89. The number of hydrogen-bond acceptors (Lipinski definition) is 3. The van der Waals surface area contributed by atoms with E-state index in [1.54, 1.807) is 0 Å². The van der Waals surface area contributed by atoms with Crippen LogP contribution in [0.5, 0.6) is 0 Å². The van der Waals surface area contributed by atoms with Crippen molar-refractivity contribution in [2.45, 2.75) is 25.4 Å². The number of aliphatic hydroxyl groups is 1. The third-order valence-corrected chi connectivity index (χ3v) is 3.92. The van der Waals surface area contributed by atoms with Crippen LogP contribution >= 0.6 is 0 Å². The Morgan fingerprint density at radius 3 is 3.05 bits per heavy atom. The number of para-hydroxylation sites is 1. The van der Waals surface area contributed by atoms with E-state index in [2.05, 4.69) is 10.3 Å². The van der Waals surface area contributed by atoms with Crippen molar-refractivity contribution >= 4 is 16.8 Å². The molecule has 1 aliphatic rings. The molecule has 3 N–H and O–H groups in total. The van der Waals surface area contributed by atoms with E-state index in [0.717, 1.165) is 23.1 Å². The molecule has 0 saturated heterocycles. The number of aliphatic hydroxyl groups excluding tert-OH is 1. The quantitative estimate of drug-likeness (QED) is 0.693. The van der Waals surface area contributed by atoms with Gasteiger partial charge < -0.3 is 20.1 Å². The lowest BCUT2D eigenvalue weighted by atomic mass is 10.1. The predicted octanol–water partition coefficient (Wildman–Crippen LogP) is 1.61. The summed E-state index contributed by atoms with van der Waals surface area (Å²) >= 11 is 0. The van der Waals surface area contributed by atoms with E-state index >= 15 is 0 Å². The zero-order valence-corrected chi connectivity index (χ0v) is 12.5. The Hall–Kier alpha value is -1.85.